The van der Waals surface area contributed by atoms with Gasteiger partial charge in [0.25, 0.3) is 0 Å². The summed E-state index contributed by atoms with van der Waals surface area (Å²) in [5.74, 6) is 11.0. The highest BCUT2D eigenvalue weighted by molar-refractivity contribution is 5.86. The van der Waals surface area contributed by atoms with Crippen LogP contribution >= 0.6 is 0 Å². The van der Waals surface area contributed by atoms with Gasteiger partial charge >= 0.3 is 12.2 Å². The van der Waals surface area contributed by atoms with Gasteiger partial charge in [0.05, 0.1) is 13.2 Å². The molecule has 0 fully saturated rings. The Bertz CT molecular complexity index is 978. The highest BCUT2D eigenvalue weighted by Gasteiger charge is 2.03. The van der Waals surface area contributed by atoms with E-state index in [1.165, 1.54) is 0 Å². The van der Waals surface area contributed by atoms with E-state index in [2.05, 4.69) is 34.3 Å². The Hall–Kier alpha value is -3.98. The maximum atomic E-state index is 11.0. The van der Waals surface area contributed by atoms with E-state index in [4.69, 9.17) is 19.7 Å². The lowest BCUT2D eigenvalue weighted by Gasteiger charge is -2.06. The Balaban J connectivity index is 0.000000541. The number of aliphatic hydroxyl groups excluding tert-OH is 2. The molecule has 0 saturated carbocycles. The molecule has 0 saturated heterocycles. The lowest BCUT2D eigenvalue weighted by molar-refractivity contribution is 0.167. The number of hydrogen-bond acceptors (Lipinski definition) is 6. The Morgan fingerprint density at radius 1 is 0.711 bits per heavy atom. The third-order valence-corrected chi connectivity index (χ3v) is 4.47. The summed E-state index contributed by atoms with van der Waals surface area (Å²) in [6, 6.07) is 15.1. The molecule has 8 nitrogen and oxygen atoms in total. The predicted octanol–water partition coefficient (Wildman–Crippen LogP) is 5.67. The van der Waals surface area contributed by atoms with Gasteiger partial charge in [-0.3, -0.25) is 10.6 Å². The van der Waals surface area contributed by atoms with Crippen LogP contribution in [-0.2, 0) is 9.47 Å². The Morgan fingerprint density at radius 2 is 1.08 bits per heavy atom. The summed E-state index contributed by atoms with van der Waals surface area (Å²) in [5.41, 5.74) is 3.63. The number of anilines is 2. The summed E-state index contributed by atoms with van der Waals surface area (Å²) in [7, 11) is 0. The summed E-state index contributed by atoms with van der Waals surface area (Å²) in [4.78, 5) is 22.1. The average molecular weight is 525 g/mol. The van der Waals surface area contributed by atoms with Gasteiger partial charge in [-0.05, 0) is 75.6 Å². The lowest BCUT2D eigenvalue weighted by Crippen LogP contribution is -2.13. The van der Waals surface area contributed by atoms with Crippen LogP contribution < -0.4 is 10.6 Å². The highest BCUT2D eigenvalue weighted by Crippen LogP contribution is 2.13. The van der Waals surface area contributed by atoms with Crippen molar-refractivity contribution in [2.75, 3.05) is 37.1 Å². The number of nitrogens with one attached hydrogen (secondary N) is 2. The first kappa shape index (κ1) is 34.0. The fraction of sp³-hybridized carbons (Fsp3) is 0.400. The zero-order valence-corrected chi connectivity index (χ0v) is 22.8. The van der Waals surface area contributed by atoms with Crippen molar-refractivity contribution in [3.8, 4) is 23.7 Å². The molecule has 2 amide bonds. The van der Waals surface area contributed by atoms with Gasteiger partial charge in [-0.1, -0.05) is 48.2 Å². The van der Waals surface area contributed by atoms with Gasteiger partial charge in [-0.2, -0.15) is 0 Å². The fourth-order valence-electron chi connectivity index (χ4n) is 2.53. The molecule has 0 atom stereocenters. The molecule has 0 radical (unpaired) electrons. The molecule has 0 aliphatic rings. The summed E-state index contributed by atoms with van der Waals surface area (Å²) >= 11 is 0. The SMILES string of the molecule is CCOC(=O)Nc1ccccc1C.CCOC(=O)Nc1ccccc1C.OCCCC#CC#CCCCO. The first-order valence-corrected chi connectivity index (χ1v) is 12.6. The minimum atomic E-state index is -0.406. The first-order valence-electron chi connectivity index (χ1n) is 12.6. The molecule has 0 aromatic heterocycles. The van der Waals surface area contributed by atoms with E-state index in [9.17, 15) is 9.59 Å². The minimum absolute atomic E-state index is 0.187. The maximum Gasteiger partial charge on any atom is 0.411 e. The van der Waals surface area contributed by atoms with Crippen LogP contribution in [0.3, 0.4) is 0 Å². The van der Waals surface area contributed by atoms with E-state index in [-0.39, 0.29) is 13.2 Å². The zero-order valence-electron chi connectivity index (χ0n) is 22.8. The van der Waals surface area contributed by atoms with Crippen LogP contribution in [0.4, 0.5) is 21.0 Å². The van der Waals surface area contributed by atoms with Crippen LogP contribution in [-0.4, -0.2) is 48.8 Å². The lowest BCUT2D eigenvalue weighted by atomic mass is 10.2. The third kappa shape index (κ3) is 18.3. The molecular formula is C30H40N2O6. The smallest absolute Gasteiger partial charge is 0.411 e. The van der Waals surface area contributed by atoms with E-state index >= 15 is 0 Å². The van der Waals surface area contributed by atoms with Gasteiger partial charge < -0.3 is 19.7 Å². The largest absolute Gasteiger partial charge is 0.450 e. The van der Waals surface area contributed by atoms with Crippen molar-refractivity contribution in [2.45, 2.75) is 53.4 Å². The van der Waals surface area contributed by atoms with E-state index in [0.29, 0.717) is 38.9 Å². The second kappa shape index (κ2) is 23.4. The molecule has 2 rings (SSSR count). The van der Waals surface area contributed by atoms with Crippen molar-refractivity contribution in [3.63, 3.8) is 0 Å². The summed E-state index contributed by atoms with van der Waals surface area (Å²) in [5, 5.41) is 22.1. The summed E-state index contributed by atoms with van der Waals surface area (Å²) < 4.78 is 9.50. The minimum Gasteiger partial charge on any atom is -0.450 e. The number of hydrogen-bond donors (Lipinski definition) is 4. The van der Waals surface area contributed by atoms with E-state index in [0.717, 1.165) is 22.5 Å². The van der Waals surface area contributed by atoms with Gasteiger partial charge in [-0.25, -0.2) is 9.59 Å². The Kier molecular flexibility index (Phi) is 21.0. The zero-order chi connectivity index (χ0) is 28.4. The van der Waals surface area contributed by atoms with Crippen LogP contribution in [0.1, 0.15) is 50.7 Å². The molecule has 0 bridgehead atoms. The molecule has 4 N–H and O–H groups in total. The number of amides is 2. The molecule has 206 valence electrons. The summed E-state index contributed by atoms with van der Waals surface area (Å²) in [6.07, 6.45) is 2.01. The van der Waals surface area contributed by atoms with E-state index in [1.54, 1.807) is 13.8 Å². The van der Waals surface area contributed by atoms with Crippen LogP contribution in [0.25, 0.3) is 0 Å². The van der Waals surface area contributed by atoms with E-state index in [1.807, 2.05) is 62.4 Å². The van der Waals surface area contributed by atoms with Gasteiger partial charge in [0, 0.05) is 37.4 Å². The molecule has 0 unspecified atom stereocenters. The van der Waals surface area contributed by atoms with Crippen molar-refractivity contribution in [2.24, 2.45) is 0 Å². The molecule has 2 aromatic rings. The Labute approximate surface area is 226 Å². The molecule has 0 aliphatic heterocycles. The average Bonchev–Trinajstić information content (AvgIpc) is 2.89. The van der Waals surface area contributed by atoms with Gasteiger partial charge in [-0.15, -0.1) is 0 Å². The predicted molar refractivity (Wildman–Crippen MR) is 152 cm³/mol. The van der Waals surface area contributed by atoms with Crippen molar-refractivity contribution in [1.82, 2.24) is 0 Å². The number of aryl methyl sites for hydroxylation is 2. The van der Waals surface area contributed by atoms with Crippen molar-refractivity contribution in [3.05, 3.63) is 59.7 Å². The quantitative estimate of drug-likeness (QED) is 0.261. The molecular weight excluding hydrogens is 484 g/mol. The number of rotatable bonds is 8. The standard InChI is InChI=1S/2C10H13NO2.C10H14O2/c2*1-3-13-10(12)11-9-7-5-4-6-8(9)2;11-9-7-5-3-1-2-4-6-8-10-12/h2*4-7H,3H2,1-2H3,(H,11,12);11-12H,5-10H2. The number of benzene rings is 2. The van der Waals surface area contributed by atoms with Crippen LogP contribution in [0, 0.1) is 37.5 Å². The number of para-hydroxylation sites is 2. The van der Waals surface area contributed by atoms with Crippen molar-refractivity contribution >= 4 is 23.6 Å². The van der Waals surface area contributed by atoms with E-state index < -0.39 is 12.2 Å². The molecule has 0 heterocycles. The molecule has 2 aromatic carbocycles. The molecule has 0 aliphatic carbocycles. The normalized spacial score (nSPS) is 8.89. The molecule has 38 heavy (non-hydrogen) atoms. The second-order valence-electron chi connectivity index (χ2n) is 7.58. The highest BCUT2D eigenvalue weighted by atomic mass is 16.6. The van der Waals surface area contributed by atoms with Crippen molar-refractivity contribution in [1.29, 1.82) is 0 Å². The second-order valence-corrected chi connectivity index (χ2v) is 7.58. The number of carbonyl (C=O) groups is 2. The Morgan fingerprint density at radius 3 is 1.39 bits per heavy atom. The molecule has 8 heteroatoms. The van der Waals surface area contributed by atoms with Crippen LogP contribution in [0.5, 0.6) is 0 Å². The maximum absolute atomic E-state index is 11.0. The molecule has 0 spiro atoms. The third-order valence-electron chi connectivity index (χ3n) is 4.47. The van der Waals surface area contributed by atoms with Gasteiger partial charge in [0.1, 0.15) is 0 Å². The van der Waals surface area contributed by atoms with Gasteiger partial charge in [0.15, 0.2) is 0 Å². The first-order chi connectivity index (χ1) is 18.4. The fourth-order valence-corrected chi connectivity index (χ4v) is 2.53. The van der Waals surface area contributed by atoms with Crippen LogP contribution in [0.15, 0.2) is 48.5 Å². The number of ether oxygens (including phenoxy) is 2. The monoisotopic (exact) mass is 524 g/mol. The summed E-state index contributed by atoms with van der Waals surface area (Å²) in [6.45, 7) is 8.56. The van der Waals surface area contributed by atoms with Crippen LogP contribution in [0.2, 0.25) is 0 Å². The number of unbranched alkanes of at least 4 members (excludes halogenated alkanes) is 2. The topological polar surface area (TPSA) is 117 Å². The van der Waals surface area contributed by atoms with Gasteiger partial charge in [0.2, 0.25) is 0 Å². The number of carbonyl (C=O) groups excluding carboxylic acids is 2. The van der Waals surface area contributed by atoms with Crippen molar-refractivity contribution < 1.29 is 29.3 Å². The number of aliphatic hydroxyl groups is 2.